The van der Waals surface area contributed by atoms with E-state index in [9.17, 15) is 0 Å². The maximum Gasteiger partial charge on any atom is 0.0798 e. The van der Waals surface area contributed by atoms with Crippen molar-refractivity contribution in [3.8, 4) is 0 Å². The zero-order valence-electron chi connectivity index (χ0n) is 10.6. The number of nitrogens with zero attached hydrogens (tertiary/aromatic N) is 1. The largest absolute Gasteiger partial charge is 0.309 e. The Labute approximate surface area is 125 Å². The Morgan fingerprint density at radius 3 is 2.83 bits per heavy atom. The van der Waals surface area contributed by atoms with E-state index in [0.717, 1.165) is 25.1 Å². The first-order valence-electron chi connectivity index (χ1n) is 6.07. The zero-order chi connectivity index (χ0) is 13.0. The first-order valence-corrected chi connectivity index (χ1v) is 8.62. The molecule has 1 atom stereocenters. The molecule has 0 saturated carbocycles. The van der Waals surface area contributed by atoms with E-state index in [-0.39, 0.29) is 0 Å². The molecule has 0 fully saturated rings. The Balaban J connectivity index is 2.15. The second-order valence-electron chi connectivity index (χ2n) is 4.20. The van der Waals surface area contributed by atoms with Gasteiger partial charge in [0.25, 0.3) is 0 Å². The lowest BCUT2D eigenvalue weighted by Gasteiger charge is -2.17. The van der Waals surface area contributed by atoms with Crippen molar-refractivity contribution in [2.45, 2.75) is 32.7 Å². The summed E-state index contributed by atoms with van der Waals surface area (Å²) < 4.78 is 1.22. The number of thiazole rings is 1. The molecule has 0 bridgehead atoms. The van der Waals surface area contributed by atoms with Crippen molar-refractivity contribution in [1.82, 2.24) is 10.3 Å². The molecule has 0 aliphatic heterocycles. The number of rotatable bonds is 6. The summed E-state index contributed by atoms with van der Waals surface area (Å²) in [5.74, 6) is 0. The fourth-order valence-electron chi connectivity index (χ4n) is 1.88. The maximum absolute atomic E-state index is 4.37. The molecule has 1 unspecified atom stereocenters. The summed E-state index contributed by atoms with van der Waals surface area (Å²) in [5.41, 5.74) is 3.09. The SMILES string of the molecule is CCCNC(Cc1sccc1Br)c1scnc1C. The fourth-order valence-corrected chi connectivity index (χ4v) is 4.32. The standard InChI is InChI=1S/C13H17BrN2S2/c1-3-5-15-11(13-9(2)16-8-18-13)7-12-10(14)4-6-17-12/h4,6,8,11,15H,3,5,7H2,1-2H3. The topological polar surface area (TPSA) is 24.9 Å². The summed E-state index contributed by atoms with van der Waals surface area (Å²) in [6.07, 6.45) is 2.18. The van der Waals surface area contributed by atoms with Gasteiger partial charge in [0, 0.05) is 26.7 Å². The Morgan fingerprint density at radius 2 is 2.28 bits per heavy atom. The van der Waals surface area contributed by atoms with Crippen LogP contribution < -0.4 is 5.32 Å². The summed E-state index contributed by atoms with van der Waals surface area (Å²) in [5, 5.41) is 5.77. The molecule has 2 aromatic heterocycles. The molecule has 0 radical (unpaired) electrons. The number of aryl methyl sites for hydroxylation is 1. The molecular formula is C13H17BrN2S2. The van der Waals surface area contributed by atoms with Crippen molar-refractivity contribution in [3.05, 3.63) is 36.9 Å². The van der Waals surface area contributed by atoms with E-state index >= 15 is 0 Å². The summed E-state index contributed by atoms with van der Waals surface area (Å²) >= 11 is 7.18. The van der Waals surface area contributed by atoms with Gasteiger partial charge in [-0.1, -0.05) is 6.92 Å². The lowest BCUT2D eigenvalue weighted by Crippen LogP contribution is -2.23. The van der Waals surface area contributed by atoms with Crippen LogP contribution in [0.15, 0.2) is 21.4 Å². The number of thiophene rings is 1. The normalized spacial score (nSPS) is 12.8. The highest BCUT2D eigenvalue weighted by Crippen LogP contribution is 2.30. The van der Waals surface area contributed by atoms with Crippen molar-refractivity contribution >= 4 is 38.6 Å². The van der Waals surface area contributed by atoms with Crippen LogP contribution in [0.3, 0.4) is 0 Å². The summed E-state index contributed by atoms with van der Waals surface area (Å²) in [6.45, 7) is 5.34. The van der Waals surface area contributed by atoms with Gasteiger partial charge >= 0.3 is 0 Å². The molecule has 2 aromatic rings. The van der Waals surface area contributed by atoms with Gasteiger partial charge in [-0.25, -0.2) is 4.98 Å². The van der Waals surface area contributed by atoms with Crippen LogP contribution in [0.1, 0.15) is 34.8 Å². The molecule has 0 aromatic carbocycles. The minimum Gasteiger partial charge on any atom is -0.309 e. The number of nitrogens with one attached hydrogen (secondary N) is 1. The van der Waals surface area contributed by atoms with Crippen molar-refractivity contribution < 1.29 is 0 Å². The Hall–Kier alpha value is -0.230. The summed E-state index contributed by atoms with van der Waals surface area (Å²) in [7, 11) is 0. The van der Waals surface area contributed by atoms with Crippen molar-refractivity contribution in [1.29, 1.82) is 0 Å². The number of hydrogen-bond acceptors (Lipinski definition) is 4. The highest BCUT2D eigenvalue weighted by atomic mass is 79.9. The second kappa shape index (κ2) is 6.80. The number of hydrogen-bond donors (Lipinski definition) is 1. The number of aromatic nitrogens is 1. The van der Waals surface area contributed by atoms with Gasteiger partial charge in [-0.05, 0) is 47.3 Å². The number of halogens is 1. The van der Waals surface area contributed by atoms with E-state index < -0.39 is 0 Å². The lowest BCUT2D eigenvalue weighted by atomic mass is 10.1. The average molecular weight is 345 g/mol. The second-order valence-corrected chi connectivity index (χ2v) is 6.95. The van der Waals surface area contributed by atoms with Crippen LogP contribution in [0.25, 0.3) is 0 Å². The Kier molecular flexibility index (Phi) is 5.36. The van der Waals surface area contributed by atoms with E-state index in [1.54, 1.807) is 11.3 Å². The van der Waals surface area contributed by atoms with Crippen molar-refractivity contribution in [2.24, 2.45) is 0 Å². The summed E-state index contributed by atoms with van der Waals surface area (Å²) in [4.78, 5) is 7.13. The van der Waals surface area contributed by atoms with Crippen molar-refractivity contribution in [2.75, 3.05) is 6.54 Å². The van der Waals surface area contributed by atoms with Crippen LogP contribution in [0.2, 0.25) is 0 Å². The quantitative estimate of drug-likeness (QED) is 0.830. The third-order valence-corrected chi connectivity index (χ3v) is 5.81. The van der Waals surface area contributed by atoms with Gasteiger partial charge in [-0.15, -0.1) is 22.7 Å². The van der Waals surface area contributed by atoms with E-state index in [4.69, 9.17) is 0 Å². The highest BCUT2D eigenvalue weighted by Gasteiger charge is 2.17. The minimum absolute atomic E-state index is 0.382. The molecule has 2 heterocycles. The van der Waals surface area contributed by atoms with Crippen LogP contribution in [0.5, 0.6) is 0 Å². The molecule has 18 heavy (non-hydrogen) atoms. The first-order chi connectivity index (χ1) is 8.72. The van der Waals surface area contributed by atoms with Gasteiger partial charge in [0.05, 0.1) is 11.2 Å². The van der Waals surface area contributed by atoms with Gasteiger partial charge in [0.1, 0.15) is 0 Å². The first kappa shape index (κ1) is 14.2. The van der Waals surface area contributed by atoms with Gasteiger partial charge in [-0.2, -0.15) is 0 Å². The minimum atomic E-state index is 0.382. The molecule has 0 aliphatic rings. The van der Waals surface area contributed by atoms with E-state index in [1.165, 1.54) is 14.2 Å². The molecule has 2 rings (SSSR count). The van der Waals surface area contributed by atoms with Crippen LogP contribution >= 0.6 is 38.6 Å². The maximum atomic E-state index is 4.37. The van der Waals surface area contributed by atoms with Crippen molar-refractivity contribution in [3.63, 3.8) is 0 Å². The Morgan fingerprint density at radius 1 is 1.44 bits per heavy atom. The van der Waals surface area contributed by atoms with Crippen LogP contribution in [-0.2, 0) is 6.42 Å². The monoisotopic (exact) mass is 344 g/mol. The van der Waals surface area contributed by atoms with E-state index in [2.05, 4.69) is 51.5 Å². The molecule has 5 heteroatoms. The smallest absolute Gasteiger partial charge is 0.0798 e. The zero-order valence-corrected chi connectivity index (χ0v) is 13.8. The molecule has 0 aliphatic carbocycles. The molecule has 0 amide bonds. The Bertz CT molecular complexity index is 493. The predicted molar refractivity (Wildman–Crippen MR) is 83.6 cm³/mol. The summed E-state index contributed by atoms with van der Waals surface area (Å²) in [6, 6.07) is 2.50. The average Bonchev–Trinajstić information content (AvgIpc) is 2.94. The molecule has 98 valence electrons. The molecular weight excluding hydrogens is 328 g/mol. The van der Waals surface area contributed by atoms with E-state index in [1.807, 2.05) is 16.8 Å². The fraction of sp³-hybridized carbons (Fsp3) is 0.462. The third-order valence-electron chi connectivity index (χ3n) is 2.82. The van der Waals surface area contributed by atoms with Gasteiger partial charge in [0.15, 0.2) is 0 Å². The van der Waals surface area contributed by atoms with Gasteiger partial charge < -0.3 is 5.32 Å². The van der Waals surface area contributed by atoms with Crippen LogP contribution in [0, 0.1) is 6.92 Å². The highest BCUT2D eigenvalue weighted by molar-refractivity contribution is 9.10. The molecule has 2 nitrogen and oxygen atoms in total. The predicted octanol–water partition coefficient (Wildman–Crippen LogP) is 4.56. The van der Waals surface area contributed by atoms with Gasteiger partial charge in [0.2, 0.25) is 0 Å². The van der Waals surface area contributed by atoms with E-state index in [0.29, 0.717) is 6.04 Å². The van der Waals surface area contributed by atoms with Crippen LogP contribution in [-0.4, -0.2) is 11.5 Å². The third kappa shape index (κ3) is 3.41. The van der Waals surface area contributed by atoms with Gasteiger partial charge in [-0.3, -0.25) is 0 Å². The molecule has 0 saturated heterocycles. The molecule has 1 N–H and O–H groups in total. The van der Waals surface area contributed by atoms with Crippen LogP contribution in [0.4, 0.5) is 0 Å². The molecule has 0 spiro atoms. The lowest BCUT2D eigenvalue weighted by molar-refractivity contribution is 0.536.